The molecule has 0 amide bonds. The van der Waals surface area contributed by atoms with Crippen molar-refractivity contribution < 1.29 is 18.7 Å². The lowest BCUT2D eigenvalue weighted by Crippen LogP contribution is -2.18. The van der Waals surface area contributed by atoms with Crippen LogP contribution in [0.5, 0.6) is 0 Å². The molecule has 0 spiro atoms. The highest BCUT2D eigenvalue weighted by molar-refractivity contribution is 14.1. The van der Waals surface area contributed by atoms with Crippen molar-refractivity contribution in [3.8, 4) is 0 Å². The molecule has 2 N–H and O–H groups in total. The highest BCUT2D eigenvalue weighted by Crippen LogP contribution is 2.23. The molecular formula is C7H4F2INO3. The van der Waals surface area contributed by atoms with Crippen LogP contribution in [0.15, 0.2) is 11.0 Å². The lowest BCUT2D eigenvalue weighted by Gasteiger charge is -2.05. The molecule has 1 aromatic rings. The lowest BCUT2D eigenvalue weighted by molar-refractivity contribution is 0.0682. The third-order valence-electron chi connectivity index (χ3n) is 1.52. The Morgan fingerprint density at radius 3 is 2.57 bits per heavy atom. The van der Waals surface area contributed by atoms with Crippen molar-refractivity contribution in [3.63, 3.8) is 0 Å². The van der Waals surface area contributed by atoms with E-state index in [-0.39, 0.29) is 3.57 Å². The first kappa shape index (κ1) is 11.1. The molecule has 7 heteroatoms. The van der Waals surface area contributed by atoms with E-state index in [1.165, 1.54) is 22.6 Å². The second-order valence-corrected chi connectivity index (χ2v) is 3.45. The minimum Gasteiger partial charge on any atom is -0.478 e. The van der Waals surface area contributed by atoms with Gasteiger partial charge in [-0.25, -0.2) is 13.6 Å². The van der Waals surface area contributed by atoms with Gasteiger partial charge in [0.05, 0.1) is 9.13 Å². The molecule has 14 heavy (non-hydrogen) atoms. The van der Waals surface area contributed by atoms with Crippen LogP contribution in [-0.2, 0) is 0 Å². The van der Waals surface area contributed by atoms with Gasteiger partial charge in [-0.05, 0) is 22.6 Å². The summed E-state index contributed by atoms with van der Waals surface area (Å²) in [5.74, 6) is -1.53. The summed E-state index contributed by atoms with van der Waals surface area (Å²) in [6.45, 7) is 0. The molecule has 1 aromatic heterocycles. The van der Waals surface area contributed by atoms with Crippen LogP contribution < -0.4 is 5.56 Å². The maximum absolute atomic E-state index is 12.3. The van der Waals surface area contributed by atoms with E-state index < -0.39 is 29.1 Å². The van der Waals surface area contributed by atoms with Gasteiger partial charge < -0.3 is 10.1 Å². The van der Waals surface area contributed by atoms with Gasteiger partial charge in [0.2, 0.25) is 0 Å². The Hall–Kier alpha value is -0.990. The van der Waals surface area contributed by atoms with Crippen molar-refractivity contribution in [3.05, 3.63) is 31.2 Å². The van der Waals surface area contributed by atoms with Crippen molar-refractivity contribution in [2.75, 3.05) is 0 Å². The van der Waals surface area contributed by atoms with Gasteiger partial charge in [-0.15, -0.1) is 0 Å². The summed E-state index contributed by atoms with van der Waals surface area (Å²) in [4.78, 5) is 23.6. The van der Waals surface area contributed by atoms with Gasteiger partial charge in [0.1, 0.15) is 0 Å². The normalized spacial score (nSPS) is 10.6. The van der Waals surface area contributed by atoms with Crippen molar-refractivity contribution in [1.82, 2.24) is 4.98 Å². The van der Waals surface area contributed by atoms with Gasteiger partial charge in [0.25, 0.3) is 12.0 Å². The Morgan fingerprint density at radius 1 is 1.57 bits per heavy atom. The predicted molar refractivity (Wildman–Crippen MR) is 51.7 cm³/mol. The van der Waals surface area contributed by atoms with Gasteiger partial charge in [0.15, 0.2) is 0 Å². The molecule has 0 saturated carbocycles. The molecule has 0 atom stereocenters. The number of nitrogens with one attached hydrogen (secondary N) is 1. The number of H-pyrrole nitrogens is 1. The fourth-order valence-corrected chi connectivity index (χ4v) is 1.61. The first-order valence-electron chi connectivity index (χ1n) is 3.37. The molecule has 1 heterocycles. The number of rotatable bonds is 2. The lowest BCUT2D eigenvalue weighted by atomic mass is 10.1. The number of carboxylic acid groups (broad SMARTS) is 1. The van der Waals surface area contributed by atoms with E-state index in [0.29, 0.717) is 0 Å². The molecule has 76 valence electrons. The van der Waals surface area contributed by atoms with Crippen molar-refractivity contribution in [1.29, 1.82) is 0 Å². The summed E-state index contributed by atoms with van der Waals surface area (Å²) in [5.41, 5.74) is -2.00. The number of carbonyl (C=O) groups is 1. The molecule has 0 aliphatic rings. The number of alkyl halides is 2. The molecule has 0 radical (unpaired) electrons. The molecule has 0 fully saturated rings. The van der Waals surface area contributed by atoms with Crippen LogP contribution in [0.1, 0.15) is 22.3 Å². The van der Waals surface area contributed by atoms with Crippen LogP contribution in [0, 0.1) is 3.57 Å². The first-order valence-corrected chi connectivity index (χ1v) is 4.45. The number of halogens is 3. The first-order chi connectivity index (χ1) is 6.45. The Kier molecular flexibility index (Phi) is 3.19. The zero-order valence-electron chi connectivity index (χ0n) is 6.55. The fourth-order valence-electron chi connectivity index (χ4n) is 0.909. The van der Waals surface area contributed by atoms with E-state index in [9.17, 15) is 18.4 Å². The summed E-state index contributed by atoms with van der Waals surface area (Å²) < 4.78 is 24.4. The Balaban J connectivity index is 3.54. The van der Waals surface area contributed by atoms with Crippen LogP contribution in [0.4, 0.5) is 8.78 Å². The SMILES string of the molecule is O=C(O)c1c(C(F)F)c[nH]c(=O)c1I. The monoisotopic (exact) mass is 315 g/mol. The molecule has 0 unspecified atom stereocenters. The second-order valence-electron chi connectivity index (χ2n) is 2.37. The largest absolute Gasteiger partial charge is 0.478 e. The minimum atomic E-state index is -2.92. The van der Waals surface area contributed by atoms with Crippen LogP contribution >= 0.6 is 22.6 Å². The zero-order chi connectivity index (χ0) is 10.9. The number of aromatic carboxylic acids is 1. The van der Waals surface area contributed by atoms with Crippen LogP contribution in [0.2, 0.25) is 0 Å². The summed E-state index contributed by atoms with van der Waals surface area (Å²) in [7, 11) is 0. The molecule has 0 bridgehead atoms. The number of carboxylic acids is 1. The van der Waals surface area contributed by atoms with E-state index in [0.717, 1.165) is 6.20 Å². The average Bonchev–Trinajstić information content (AvgIpc) is 2.08. The molecule has 0 saturated heterocycles. The molecule has 4 nitrogen and oxygen atoms in total. The molecule has 1 rings (SSSR count). The van der Waals surface area contributed by atoms with Crippen LogP contribution in [0.25, 0.3) is 0 Å². The van der Waals surface area contributed by atoms with E-state index in [1.54, 1.807) is 0 Å². The highest BCUT2D eigenvalue weighted by atomic mass is 127. The summed E-state index contributed by atoms with van der Waals surface area (Å²) >= 11 is 1.42. The van der Waals surface area contributed by atoms with E-state index in [4.69, 9.17) is 5.11 Å². The molecule has 0 aliphatic carbocycles. The Labute approximate surface area is 90.1 Å². The Bertz CT molecular complexity index is 429. The minimum absolute atomic E-state index is 0.243. The number of pyridine rings is 1. The Morgan fingerprint density at radius 2 is 2.14 bits per heavy atom. The van der Waals surface area contributed by atoms with Crippen molar-refractivity contribution >= 4 is 28.6 Å². The van der Waals surface area contributed by atoms with Gasteiger partial charge in [-0.1, -0.05) is 0 Å². The van der Waals surface area contributed by atoms with Gasteiger partial charge in [-0.3, -0.25) is 4.79 Å². The third-order valence-corrected chi connectivity index (χ3v) is 2.54. The quantitative estimate of drug-likeness (QED) is 0.815. The van der Waals surface area contributed by atoms with E-state index >= 15 is 0 Å². The molecule has 0 aliphatic heterocycles. The van der Waals surface area contributed by atoms with Gasteiger partial charge in [0, 0.05) is 11.8 Å². The predicted octanol–water partition coefficient (Wildman–Crippen LogP) is 1.62. The standard InChI is InChI=1S/C7H4F2INO3/c8-5(9)2-1-11-6(12)4(10)3(2)7(13)14/h1,5H,(H,11,12)(H,13,14). The molecule has 0 aromatic carbocycles. The summed E-state index contributed by atoms with van der Waals surface area (Å²) in [6.07, 6.45) is -2.20. The number of aromatic nitrogens is 1. The highest BCUT2D eigenvalue weighted by Gasteiger charge is 2.22. The van der Waals surface area contributed by atoms with Crippen molar-refractivity contribution in [2.45, 2.75) is 6.43 Å². The number of hydrogen-bond donors (Lipinski definition) is 2. The number of aromatic amines is 1. The van der Waals surface area contributed by atoms with Crippen LogP contribution in [-0.4, -0.2) is 16.1 Å². The average molecular weight is 315 g/mol. The van der Waals surface area contributed by atoms with Crippen molar-refractivity contribution in [2.24, 2.45) is 0 Å². The van der Waals surface area contributed by atoms with Gasteiger partial charge in [-0.2, -0.15) is 0 Å². The van der Waals surface area contributed by atoms with Crippen LogP contribution in [0.3, 0.4) is 0 Å². The maximum Gasteiger partial charge on any atom is 0.337 e. The topological polar surface area (TPSA) is 70.2 Å². The van der Waals surface area contributed by atoms with E-state index in [1.807, 2.05) is 4.98 Å². The zero-order valence-corrected chi connectivity index (χ0v) is 8.71. The summed E-state index contributed by atoms with van der Waals surface area (Å²) in [5, 5.41) is 8.63. The van der Waals surface area contributed by atoms with Gasteiger partial charge >= 0.3 is 5.97 Å². The van der Waals surface area contributed by atoms with E-state index in [2.05, 4.69) is 0 Å². The second kappa shape index (κ2) is 4.03. The third kappa shape index (κ3) is 1.91. The molecular weight excluding hydrogens is 311 g/mol. The number of hydrogen-bond acceptors (Lipinski definition) is 2. The maximum atomic E-state index is 12.3. The smallest absolute Gasteiger partial charge is 0.337 e. The fraction of sp³-hybridized carbons (Fsp3) is 0.143. The summed E-state index contributed by atoms with van der Waals surface area (Å²) in [6, 6.07) is 0.